The third kappa shape index (κ3) is 0.773. The van der Waals surface area contributed by atoms with Crippen molar-refractivity contribution in [1.82, 2.24) is 0 Å². The van der Waals surface area contributed by atoms with E-state index < -0.39 is 0 Å². The third-order valence-electron chi connectivity index (χ3n) is 2.85. The first kappa shape index (κ1) is 7.07. The highest BCUT2D eigenvalue weighted by Crippen LogP contribution is 2.49. The third-order valence-corrected chi connectivity index (χ3v) is 4.14. The van der Waals surface area contributed by atoms with Gasteiger partial charge < -0.3 is 10.2 Å². The maximum Gasteiger partial charge on any atom is 0.0671 e. The van der Waals surface area contributed by atoms with Crippen LogP contribution in [0.2, 0.25) is 0 Å². The molecule has 2 saturated carbocycles. The Bertz CT molecular complexity index is 151. The molecule has 0 heterocycles. The summed E-state index contributed by atoms with van der Waals surface area (Å²) >= 11 is 3.43. The minimum atomic E-state index is -0.229. The van der Waals surface area contributed by atoms with Gasteiger partial charge in [0.2, 0.25) is 0 Å². The summed E-state index contributed by atoms with van der Waals surface area (Å²) in [5, 5.41) is 18.6. The summed E-state index contributed by atoms with van der Waals surface area (Å²) in [5.41, 5.74) is 0. The summed E-state index contributed by atoms with van der Waals surface area (Å²) in [6.45, 7) is 0. The molecule has 0 aromatic heterocycles. The van der Waals surface area contributed by atoms with Gasteiger partial charge in [0.25, 0.3) is 0 Å². The largest absolute Gasteiger partial charge is 0.393 e. The SMILES string of the molecule is O[C@@H]1C[C@H]2[C@H](C[C@H]2O)[C@H]1Br. The van der Waals surface area contributed by atoms with E-state index in [1.54, 1.807) is 0 Å². The van der Waals surface area contributed by atoms with Crippen LogP contribution in [-0.4, -0.2) is 27.2 Å². The second-order valence-electron chi connectivity index (χ2n) is 3.38. The fraction of sp³-hybridized carbons (Fsp3) is 1.00. The van der Waals surface area contributed by atoms with Crippen molar-refractivity contribution in [1.29, 1.82) is 0 Å². The summed E-state index contributed by atoms with van der Waals surface area (Å²) in [4.78, 5) is 0.237. The molecule has 5 atom stereocenters. The number of fused-ring (bicyclic) bond motifs is 1. The average Bonchev–Trinajstić information content (AvgIpc) is 2.12. The molecule has 2 aliphatic rings. The van der Waals surface area contributed by atoms with Crippen molar-refractivity contribution < 1.29 is 10.2 Å². The molecular weight excluding hydrogens is 196 g/mol. The van der Waals surface area contributed by atoms with Crippen molar-refractivity contribution in [2.75, 3.05) is 0 Å². The van der Waals surface area contributed by atoms with Crippen LogP contribution >= 0.6 is 15.9 Å². The molecule has 0 unspecified atom stereocenters. The maximum atomic E-state index is 9.34. The van der Waals surface area contributed by atoms with Gasteiger partial charge in [-0.15, -0.1) is 0 Å². The molecule has 0 amide bonds. The molecule has 2 fully saturated rings. The second kappa shape index (κ2) is 2.19. The topological polar surface area (TPSA) is 40.5 Å². The Hall–Kier alpha value is 0.400. The smallest absolute Gasteiger partial charge is 0.0671 e. The first-order valence-electron chi connectivity index (χ1n) is 3.70. The maximum absolute atomic E-state index is 9.34. The lowest BCUT2D eigenvalue weighted by Crippen LogP contribution is -2.40. The van der Waals surface area contributed by atoms with E-state index in [2.05, 4.69) is 15.9 Å². The molecule has 2 N–H and O–H groups in total. The molecule has 0 saturated heterocycles. The molecule has 0 bridgehead atoms. The molecule has 10 heavy (non-hydrogen) atoms. The predicted molar refractivity (Wildman–Crippen MR) is 40.9 cm³/mol. The predicted octanol–water partition coefficient (Wildman–Crippen LogP) is 0.512. The lowest BCUT2D eigenvalue weighted by Gasteiger charge is -2.37. The van der Waals surface area contributed by atoms with Crippen molar-refractivity contribution >= 4 is 15.9 Å². The van der Waals surface area contributed by atoms with Gasteiger partial charge in [0, 0.05) is 4.83 Å². The van der Waals surface area contributed by atoms with Crippen LogP contribution in [-0.2, 0) is 0 Å². The zero-order chi connectivity index (χ0) is 7.30. The van der Waals surface area contributed by atoms with Crippen LogP contribution < -0.4 is 0 Å². The van der Waals surface area contributed by atoms with Crippen LogP contribution in [0.1, 0.15) is 12.8 Å². The van der Waals surface area contributed by atoms with E-state index in [4.69, 9.17) is 0 Å². The molecule has 0 radical (unpaired) electrons. The van der Waals surface area contributed by atoms with Gasteiger partial charge in [0.15, 0.2) is 0 Å². The average molecular weight is 207 g/mol. The van der Waals surface area contributed by atoms with Crippen LogP contribution in [0, 0.1) is 11.8 Å². The van der Waals surface area contributed by atoms with Crippen LogP contribution in [0.3, 0.4) is 0 Å². The number of hydrogen-bond acceptors (Lipinski definition) is 2. The van der Waals surface area contributed by atoms with Crippen molar-refractivity contribution in [3.63, 3.8) is 0 Å². The summed E-state index contributed by atoms with van der Waals surface area (Å²) in [6, 6.07) is 0. The molecule has 58 valence electrons. The number of alkyl halides is 1. The molecule has 0 aromatic carbocycles. The lowest BCUT2D eigenvalue weighted by atomic mass is 9.74. The molecule has 0 aliphatic heterocycles. The standard InChI is InChI=1S/C7H11BrO2/c8-7-4-2-5(9)3(4)1-6(7)10/h3-7,9-10H,1-2H2/t3-,4-,5+,6+,7+/m0/s1. The molecule has 2 aliphatic carbocycles. The Morgan fingerprint density at radius 2 is 1.60 bits per heavy atom. The van der Waals surface area contributed by atoms with Gasteiger partial charge in [-0.1, -0.05) is 15.9 Å². The van der Waals surface area contributed by atoms with Gasteiger partial charge in [-0.05, 0) is 24.7 Å². The minimum Gasteiger partial charge on any atom is -0.393 e. The fourth-order valence-electron chi connectivity index (χ4n) is 2.11. The highest BCUT2D eigenvalue weighted by molar-refractivity contribution is 9.09. The van der Waals surface area contributed by atoms with Crippen LogP contribution in [0.4, 0.5) is 0 Å². The van der Waals surface area contributed by atoms with E-state index in [1.165, 1.54) is 0 Å². The quantitative estimate of drug-likeness (QED) is 0.568. The van der Waals surface area contributed by atoms with E-state index in [-0.39, 0.29) is 17.0 Å². The fourth-order valence-corrected chi connectivity index (χ4v) is 2.93. The molecule has 3 heteroatoms. The van der Waals surface area contributed by atoms with Crippen molar-refractivity contribution in [3.8, 4) is 0 Å². The van der Waals surface area contributed by atoms with Gasteiger partial charge in [-0.2, -0.15) is 0 Å². The van der Waals surface area contributed by atoms with E-state index in [1.807, 2.05) is 0 Å². The molecule has 0 aromatic rings. The van der Waals surface area contributed by atoms with E-state index in [0.717, 1.165) is 12.8 Å². The van der Waals surface area contributed by atoms with Crippen LogP contribution in [0.5, 0.6) is 0 Å². The normalized spacial score (nSPS) is 59.7. The number of aliphatic hydroxyl groups is 2. The Morgan fingerprint density at radius 1 is 1.00 bits per heavy atom. The van der Waals surface area contributed by atoms with E-state index in [0.29, 0.717) is 11.8 Å². The van der Waals surface area contributed by atoms with Gasteiger partial charge in [-0.3, -0.25) is 0 Å². The van der Waals surface area contributed by atoms with Gasteiger partial charge in [0.1, 0.15) is 0 Å². The van der Waals surface area contributed by atoms with E-state index in [9.17, 15) is 10.2 Å². The highest BCUT2D eigenvalue weighted by Gasteiger charge is 2.51. The second-order valence-corrected chi connectivity index (χ2v) is 4.44. The summed E-state index contributed by atoms with van der Waals surface area (Å²) in [5.74, 6) is 0.907. The monoisotopic (exact) mass is 206 g/mol. The minimum absolute atomic E-state index is 0.137. The summed E-state index contributed by atoms with van der Waals surface area (Å²) < 4.78 is 0. The first-order chi connectivity index (χ1) is 4.70. The Kier molecular flexibility index (Phi) is 1.55. The number of aliphatic hydroxyl groups excluding tert-OH is 2. The zero-order valence-electron chi connectivity index (χ0n) is 5.57. The summed E-state index contributed by atoms with van der Waals surface area (Å²) in [7, 11) is 0. The van der Waals surface area contributed by atoms with E-state index >= 15 is 0 Å². The lowest BCUT2D eigenvalue weighted by molar-refractivity contribution is -0.0131. The molecule has 2 nitrogen and oxygen atoms in total. The molecule has 0 spiro atoms. The van der Waals surface area contributed by atoms with Crippen molar-refractivity contribution in [2.45, 2.75) is 29.9 Å². The highest BCUT2D eigenvalue weighted by atomic mass is 79.9. The van der Waals surface area contributed by atoms with Crippen molar-refractivity contribution in [2.24, 2.45) is 11.8 Å². The number of halogens is 1. The Balaban J connectivity index is 2.06. The zero-order valence-corrected chi connectivity index (χ0v) is 7.16. The Morgan fingerprint density at radius 3 is 2.00 bits per heavy atom. The van der Waals surface area contributed by atoms with Gasteiger partial charge in [0.05, 0.1) is 12.2 Å². The van der Waals surface area contributed by atoms with Gasteiger partial charge >= 0.3 is 0 Å². The van der Waals surface area contributed by atoms with Crippen molar-refractivity contribution in [3.05, 3.63) is 0 Å². The van der Waals surface area contributed by atoms with Gasteiger partial charge in [-0.25, -0.2) is 0 Å². The Labute approximate surface area is 68.4 Å². The van der Waals surface area contributed by atoms with Crippen LogP contribution in [0.15, 0.2) is 0 Å². The van der Waals surface area contributed by atoms with Crippen LogP contribution in [0.25, 0.3) is 0 Å². The number of hydrogen-bond donors (Lipinski definition) is 2. The first-order valence-corrected chi connectivity index (χ1v) is 4.62. The summed E-state index contributed by atoms with van der Waals surface area (Å²) in [6.07, 6.45) is 1.29. The molecule has 2 rings (SSSR count). The number of rotatable bonds is 0. The molecular formula is C7H11BrO2.